The van der Waals surface area contributed by atoms with E-state index in [4.69, 9.17) is 0 Å². The van der Waals surface area contributed by atoms with Gasteiger partial charge in [-0.25, -0.2) is 0 Å². The van der Waals surface area contributed by atoms with Crippen LogP contribution in [-0.4, -0.2) is 37.1 Å². The Morgan fingerprint density at radius 1 is 1.14 bits per heavy atom. The molecule has 0 rings (SSSR count). The van der Waals surface area contributed by atoms with Gasteiger partial charge < -0.3 is 10.2 Å². The average molecular weight is 200 g/mol. The van der Waals surface area contributed by atoms with E-state index in [1.54, 1.807) is 0 Å². The van der Waals surface area contributed by atoms with Crippen LogP contribution in [-0.2, 0) is 0 Å². The molecule has 0 aliphatic rings. The lowest BCUT2D eigenvalue weighted by Crippen LogP contribution is -2.39. The van der Waals surface area contributed by atoms with E-state index >= 15 is 0 Å². The fourth-order valence-corrected chi connectivity index (χ4v) is 1.92. The summed E-state index contributed by atoms with van der Waals surface area (Å²) in [5.74, 6) is 0. The summed E-state index contributed by atoms with van der Waals surface area (Å²) < 4.78 is 0. The number of rotatable bonds is 8. The predicted molar refractivity (Wildman–Crippen MR) is 64.8 cm³/mol. The Morgan fingerprint density at radius 2 is 1.71 bits per heavy atom. The Morgan fingerprint density at radius 3 is 2.14 bits per heavy atom. The normalized spacial score (nSPS) is 13.9. The van der Waals surface area contributed by atoms with E-state index in [1.165, 1.54) is 19.3 Å². The van der Waals surface area contributed by atoms with Gasteiger partial charge in [-0.1, -0.05) is 20.8 Å². The Balaban J connectivity index is 3.78. The highest BCUT2D eigenvalue weighted by molar-refractivity contribution is 4.72. The van der Waals surface area contributed by atoms with Crippen molar-refractivity contribution in [1.82, 2.24) is 10.2 Å². The van der Waals surface area contributed by atoms with Crippen LogP contribution in [0.5, 0.6) is 0 Å². The van der Waals surface area contributed by atoms with Crippen LogP contribution in [0.15, 0.2) is 0 Å². The molecule has 0 aliphatic carbocycles. The van der Waals surface area contributed by atoms with Gasteiger partial charge in [0.1, 0.15) is 0 Å². The van der Waals surface area contributed by atoms with Gasteiger partial charge in [0.05, 0.1) is 0 Å². The fourth-order valence-electron chi connectivity index (χ4n) is 1.92. The van der Waals surface area contributed by atoms with Crippen LogP contribution in [0.3, 0.4) is 0 Å². The molecule has 1 unspecified atom stereocenters. The Bertz CT molecular complexity index is 121. The minimum atomic E-state index is 0.693. The molecule has 0 aromatic rings. The third-order valence-corrected chi connectivity index (χ3v) is 3.20. The monoisotopic (exact) mass is 200 g/mol. The van der Waals surface area contributed by atoms with Gasteiger partial charge in [-0.3, -0.25) is 0 Å². The molecule has 0 bridgehead atoms. The maximum Gasteiger partial charge on any atom is 0.00897 e. The highest BCUT2D eigenvalue weighted by Gasteiger charge is 2.15. The van der Waals surface area contributed by atoms with Crippen molar-refractivity contribution in [3.63, 3.8) is 0 Å². The summed E-state index contributed by atoms with van der Waals surface area (Å²) in [6.45, 7) is 11.3. The number of nitrogens with one attached hydrogen (secondary N) is 1. The van der Waals surface area contributed by atoms with Crippen LogP contribution < -0.4 is 5.32 Å². The number of hydrogen-bond acceptors (Lipinski definition) is 2. The van der Waals surface area contributed by atoms with Crippen molar-refractivity contribution in [2.24, 2.45) is 0 Å². The van der Waals surface area contributed by atoms with E-state index in [1.807, 2.05) is 0 Å². The van der Waals surface area contributed by atoms with E-state index in [-0.39, 0.29) is 0 Å². The first kappa shape index (κ1) is 13.9. The van der Waals surface area contributed by atoms with Crippen LogP contribution in [0.1, 0.15) is 47.0 Å². The Hall–Kier alpha value is -0.0800. The van der Waals surface area contributed by atoms with E-state index < -0.39 is 0 Å². The molecule has 1 N–H and O–H groups in total. The average Bonchev–Trinajstić information content (AvgIpc) is 2.19. The topological polar surface area (TPSA) is 15.3 Å². The van der Waals surface area contributed by atoms with Gasteiger partial charge in [-0.2, -0.15) is 0 Å². The van der Waals surface area contributed by atoms with Crippen molar-refractivity contribution >= 4 is 0 Å². The van der Waals surface area contributed by atoms with Crippen molar-refractivity contribution in [2.45, 2.75) is 59.0 Å². The molecular weight excluding hydrogens is 172 g/mol. The van der Waals surface area contributed by atoms with Gasteiger partial charge in [0.15, 0.2) is 0 Å². The second-order valence-electron chi connectivity index (χ2n) is 4.13. The molecule has 0 fully saturated rings. The number of nitrogens with zero attached hydrogens (tertiary/aromatic N) is 1. The predicted octanol–water partition coefficient (Wildman–Crippen LogP) is 2.49. The van der Waals surface area contributed by atoms with Gasteiger partial charge in [0.2, 0.25) is 0 Å². The summed E-state index contributed by atoms with van der Waals surface area (Å²) in [6, 6.07) is 1.45. The smallest absolute Gasteiger partial charge is 0.00897 e. The van der Waals surface area contributed by atoms with Crippen molar-refractivity contribution < 1.29 is 0 Å². The van der Waals surface area contributed by atoms with Crippen molar-refractivity contribution in [1.29, 1.82) is 0 Å². The van der Waals surface area contributed by atoms with Gasteiger partial charge in [-0.15, -0.1) is 0 Å². The standard InChI is InChI=1S/C12H28N2/c1-6-12(7-2)14(5)11(4)9-10-13-8-3/h11-13H,6-10H2,1-5H3. The first-order valence-electron chi connectivity index (χ1n) is 6.09. The van der Waals surface area contributed by atoms with Gasteiger partial charge in [0.25, 0.3) is 0 Å². The molecule has 86 valence electrons. The highest BCUT2D eigenvalue weighted by atomic mass is 15.2. The van der Waals surface area contributed by atoms with E-state index in [9.17, 15) is 0 Å². The molecule has 0 aliphatic heterocycles. The summed E-state index contributed by atoms with van der Waals surface area (Å²) in [5, 5.41) is 3.38. The summed E-state index contributed by atoms with van der Waals surface area (Å²) in [4.78, 5) is 2.53. The molecule has 1 atom stereocenters. The zero-order valence-electron chi connectivity index (χ0n) is 10.6. The molecule has 0 aromatic carbocycles. The lowest BCUT2D eigenvalue weighted by molar-refractivity contribution is 0.166. The summed E-state index contributed by atoms with van der Waals surface area (Å²) in [7, 11) is 2.26. The van der Waals surface area contributed by atoms with Gasteiger partial charge in [-0.05, 0) is 46.3 Å². The number of hydrogen-bond donors (Lipinski definition) is 1. The van der Waals surface area contributed by atoms with Gasteiger partial charge in [0, 0.05) is 12.1 Å². The lowest BCUT2D eigenvalue weighted by Gasteiger charge is -2.32. The van der Waals surface area contributed by atoms with E-state index in [0.717, 1.165) is 19.1 Å². The molecular formula is C12H28N2. The Labute approximate surface area is 90.1 Å². The van der Waals surface area contributed by atoms with Crippen LogP contribution in [0, 0.1) is 0 Å². The van der Waals surface area contributed by atoms with E-state index in [0.29, 0.717) is 6.04 Å². The molecule has 2 heteroatoms. The zero-order chi connectivity index (χ0) is 11.0. The lowest BCUT2D eigenvalue weighted by atomic mass is 10.1. The first-order valence-corrected chi connectivity index (χ1v) is 6.09. The Kier molecular flexibility index (Phi) is 8.20. The van der Waals surface area contributed by atoms with Crippen molar-refractivity contribution in [3.05, 3.63) is 0 Å². The summed E-state index contributed by atoms with van der Waals surface area (Å²) >= 11 is 0. The van der Waals surface area contributed by atoms with Gasteiger partial charge >= 0.3 is 0 Å². The second kappa shape index (κ2) is 8.25. The molecule has 14 heavy (non-hydrogen) atoms. The van der Waals surface area contributed by atoms with Crippen LogP contribution in [0.2, 0.25) is 0 Å². The molecule has 0 amide bonds. The molecule has 0 saturated heterocycles. The van der Waals surface area contributed by atoms with Crippen LogP contribution in [0.4, 0.5) is 0 Å². The molecule has 0 aromatic heterocycles. The summed E-state index contributed by atoms with van der Waals surface area (Å²) in [6.07, 6.45) is 3.78. The molecule has 0 saturated carbocycles. The van der Waals surface area contributed by atoms with Crippen LogP contribution in [0.25, 0.3) is 0 Å². The van der Waals surface area contributed by atoms with Crippen molar-refractivity contribution in [3.8, 4) is 0 Å². The highest BCUT2D eigenvalue weighted by Crippen LogP contribution is 2.11. The van der Waals surface area contributed by atoms with E-state index in [2.05, 4.69) is 45.0 Å². The van der Waals surface area contributed by atoms with Crippen LogP contribution >= 0.6 is 0 Å². The SMILES string of the molecule is CCNCCC(C)N(C)C(CC)CC. The third-order valence-electron chi connectivity index (χ3n) is 3.20. The quantitative estimate of drug-likeness (QED) is 0.606. The zero-order valence-corrected chi connectivity index (χ0v) is 10.6. The second-order valence-corrected chi connectivity index (χ2v) is 4.13. The maximum atomic E-state index is 3.38. The van der Waals surface area contributed by atoms with Crippen molar-refractivity contribution in [2.75, 3.05) is 20.1 Å². The molecule has 2 nitrogen and oxygen atoms in total. The minimum absolute atomic E-state index is 0.693. The maximum absolute atomic E-state index is 3.38. The molecule has 0 radical (unpaired) electrons. The minimum Gasteiger partial charge on any atom is -0.317 e. The fraction of sp³-hybridized carbons (Fsp3) is 1.00. The largest absolute Gasteiger partial charge is 0.317 e. The molecule has 0 heterocycles. The summed E-state index contributed by atoms with van der Waals surface area (Å²) in [5.41, 5.74) is 0. The third kappa shape index (κ3) is 4.97. The molecule has 0 spiro atoms. The first-order chi connectivity index (χ1) is 6.67.